The summed E-state index contributed by atoms with van der Waals surface area (Å²) in [4.78, 5) is 27.2. The van der Waals surface area contributed by atoms with Crippen molar-refractivity contribution >= 4 is 28.5 Å². The second kappa shape index (κ2) is 16.1. The lowest BCUT2D eigenvalue weighted by atomic mass is 9.93. The van der Waals surface area contributed by atoms with Gasteiger partial charge in [0.05, 0.1) is 0 Å². The largest absolute Gasteiger partial charge is 0.445 e. The standard InChI is InChI=1S/C37H41N3O3/c1-28(36(41)39-33-22-18-29(19-23-33)14-11-25-40(2)3)26-32-21-20-31(34-16-7-8-17-35(32)34)15-9-10-24-38-37(42)43-27-30-12-5-4-6-13-30/h4-8,12-13,16-23,28H,10-11,14,24-27H2,1-3H3,(H,38,42)(H,39,41)/t28-/m0/s1. The van der Waals surface area contributed by atoms with Crippen LogP contribution in [0.3, 0.4) is 0 Å². The van der Waals surface area contributed by atoms with Crippen LogP contribution in [0.5, 0.6) is 0 Å². The van der Waals surface area contributed by atoms with Crippen molar-refractivity contribution in [3.8, 4) is 11.8 Å². The third-order valence-electron chi connectivity index (χ3n) is 7.24. The number of fused-ring (bicyclic) bond motifs is 1. The summed E-state index contributed by atoms with van der Waals surface area (Å²) in [5.74, 6) is 6.22. The molecular weight excluding hydrogens is 534 g/mol. The molecule has 0 aliphatic rings. The van der Waals surface area contributed by atoms with Crippen LogP contribution >= 0.6 is 0 Å². The molecule has 0 unspecified atom stereocenters. The first-order chi connectivity index (χ1) is 20.9. The van der Waals surface area contributed by atoms with Crippen LogP contribution in [-0.2, 0) is 29.0 Å². The van der Waals surface area contributed by atoms with Crippen molar-refractivity contribution in [2.75, 3.05) is 32.5 Å². The number of ether oxygens (including phenoxy) is 1. The zero-order valence-electron chi connectivity index (χ0n) is 25.4. The Balaban J connectivity index is 1.29. The Bertz CT molecular complexity index is 1550. The predicted molar refractivity (Wildman–Crippen MR) is 175 cm³/mol. The third-order valence-corrected chi connectivity index (χ3v) is 7.24. The highest BCUT2D eigenvalue weighted by Crippen LogP contribution is 2.25. The van der Waals surface area contributed by atoms with Crippen LogP contribution in [0.1, 0.15) is 42.0 Å². The molecule has 6 nitrogen and oxygen atoms in total. The van der Waals surface area contributed by atoms with E-state index in [9.17, 15) is 9.59 Å². The van der Waals surface area contributed by atoms with Crippen molar-refractivity contribution in [3.05, 3.63) is 113 Å². The van der Waals surface area contributed by atoms with E-state index in [1.165, 1.54) is 5.56 Å². The van der Waals surface area contributed by atoms with E-state index in [1.54, 1.807) is 0 Å². The normalized spacial score (nSPS) is 11.4. The summed E-state index contributed by atoms with van der Waals surface area (Å²) in [7, 11) is 4.17. The van der Waals surface area contributed by atoms with E-state index in [-0.39, 0.29) is 18.4 Å². The molecule has 4 aromatic carbocycles. The maximum absolute atomic E-state index is 13.0. The fourth-order valence-corrected chi connectivity index (χ4v) is 4.85. The Kier molecular flexibility index (Phi) is 11.8. The Morgan fingerprint density at radius 1 is 0.860 bits per heavy atom. The van der Waals surface area contributed by atoms with Crippen molar-refractivity contribution in [2.24, 2.45) is 5.92 Å². The Morgan fingerprint density at radius 2 is 1.58 bits per heavy atom. The first-order valence-corrected chi connectivity index (χ1v) is 14.9. The van der Waals surface area contributed by atoms with Crippen molar-refractivity contribution in [1.29, 1.82) is 0 Å². The number of rotatable bonds is 12. The van der Waals surface area contributed by atoms with Gasteiger partial charge >= 0.3 is 6.09 Å². The number of carbonyl (C=O) groups is 2. The Labute approximate surface area is 255 Å². The van der Waals surface area contributed by atoms with Gasteiger partial charge in [0.25, 0.3) is 0 Å². The van der Waals surface area contributed by atoms with E-state index in [2.05, 4.69) is 71.8 Å². The van der Waals surface area contributed by atoms with Crippen LogP contribution in [0.4, 0.5) is 10.5 Å². The molecule has 6 heteroatoms. The Morgan fingerprint density at radius 3 is 2.33 bits per heavy atom. The fraction of sp³-hybridized carbons (Fsp3) is 0.297. The molecule has 0 fully saturated rings. The molecule has 4 aromatic rings. The molecule has 222 valence electrons. The molecule has 0 aliphatic heterocycles. The van der Waals surface area contributed by atoms with E-state index < -0.39 is 6.09 Å². The quantitative estimate of drug-likeness (QED) is 0.144. The molecule has 2 amide bonds. The molecule has 0 saturated carbocycles. The van der Waals surface area contributed by atoms with Gasteiger partial charge in [-0.2, -0.15) is 0 Å². The zero-order chi connectivity index (χ0) is 30.4. The number of alkyl carbamates (subject to hydrolysis) is 1. The van der Waals surface area contributed by atoms with Crippen LogP contribution in [0, 0.1) is 17.8 Å². The molecule has 43 heavy (non-hydrogen) atoms. The summed E-state index contributed by atoms with van der Waals surface area (Å²) < 4.78 is 5.24. The predicted octanol–water partition coefficient (Wildman–Crippen LogP) is 6.82. The number of anilines is 1. The van der Waals surface area contributed by atoms with Gasteiger partial charge < -0.3 is 20.3 Å². The maximum atomic E-state index is 13.0. The minimum Gasteiger partial charge on any atom is -0.445 e. The van der Waals surface area contributed by atoms with Gasteiger partial charge in [-0.25, -0.2) is 4.79 Å². The van der Waals surface area contributed by atoms with E-state index in [1.807, 2.05) is 67.6 Å². The molecular formula is C37H41N3O3. The summed E-state index contributed by atoms with van der Waals surface area (Å²) >= 11 is 0. The lowest BCUT2D eigenvalue weighted by molar-refractivity contribution is -0.119. The Hall–Kier alpha value is -4.60. The second-order valence-electron chi connectivity index (χ2n) is 11.1. The minimum absolute atomic E-state index is 0.00287. The van der Waals surface area contributed by atoms with E-state index in [0.717, 1.165) is 52.5 Å². The van der Waals surface area contributed by atoms with Crippen molar-refractivity contribution in [2.45, 2.75) is 39.2 Å². The molecule has 0 radical (unpaired) electrons. The van der Waals surface area contributed by atoms with Crippen LogP contribution in [0.2, 0.25) is 0 Å². The summed E-state index contributed by atoms with van der Waals surface area (Å²) in [6.45, 7) is 3.67. The van der Waals surface area contributed by atoms with Gasteiger partial charge in [-0.3, -0.25) is 4.79 Å². The van der Waals surface area contributed by atoms with Gasteiger partial charge in [0.2, 0.25) is 5.91 Å². The summed E-state index contributed by atoms with van der Waals surface area (Å²) in [6, 6.07) is 30.0. The average molecular weight is 576 g/mol. The highest BCUT2D eigenvalue weighted by molar-refractivity contribution is 5.94. The van der Waals surface area contributed by atoms with Gasteiger partial charge in [-0.1, -0.05) is 91.6 Å². The van der Waals surface area contributed by atoms with Gasteiger partial charge in [-0.15, -0.1) is 0 Å². The number of amides is 2. The number of nitrogens with zero attached hydrogens (tertiary/aromatic N) is 1. The molecule has 0 heterocycles. The summed E-state index contributed by atoms with van der Waals surface area (Å²) in [5.41, 5.74) is 5.08. The van der Waals surface area contributed by atoms with Gasteiger partial charge in [0.15, 0.2) is 0 Å². The summed E-state index contributed by atoms with van der Waals surface area (Å²) in [5, 5.41) is 7.98. The summed E-state index contributed by atoms with van der Waals surface area (Å²) in [6.07, 6.45) is 2.81. The lowest BCUT2D eigenvalue weighted by Crippen LogP contribution is -2.24. The molecule has 0 spiro atoms. The van der Waals surface area contributed by atoms with E-state index in [4.69, 9.17) is 4.74 Å². The van der Waals surface area contributed by atoms with E-state index >= 15 is 0 Å². The third kappa shape index (κ3) is 10.0. The lowest BCUT2D eigenvalue weighted by Gasteiger charge is -2.15. The van der Waals surface area contributed by atoms with Gasteiger partial charge in [0, 0.05) is 30.1 Å². The minimum atomic E-state index is -0.453. The number of benzene rings is 4. The molecule has 0 aromatic heterocycles. The first kappa shape index (κ1) is 31.3. The van der Waals surface area contributed by atoms with Crippen molar-refractivity contribution in [1.82, 2.24) is 10.2 Å². The number of nitrogens with one attached hydrogen (secondary N) is 2. The SMILES string of the molecule is C[C@@H](Cc1ccc(C#CCCNC(=O)OCc2ccccc2)c2ccccc12)C(=O)Nc1ccc(CCCN(C)C)cc1. The molecule has 2 N–H and O–H groups in total. The van der Waals surface area contributed by atoms with Crippen LogP contribution in [-0.4, -0.2) is 44.1 Å². The number of hydrogen-bond acceptors (Lipinski definition) is 4. The van der Waals surface area contributed by atoms with Crippen LogP contribution in [0.15, 0.2) is 91.0 Å². The van der Waals surface area contributed by atoms with Crippen LogP contribution in [0.25, 0.3) is 10.8 Å². The maximum Gasteiger partial charge on any atom is 0.407 e. The van der Waals surface area contributed by atoms with Crippen LogP contribution < -0.4 is 10.6 Å². The highest BCUT2D eigenvalue weighted by Gasteiger charge is 2.16. The van der Waals surface area contributed by atoms with Gasteiger partial charge in [0.1, 0.15) is 6.61 Å². The highest BCUT2D eigenvalue weighted by atomic mass is 16.5. The molecule has 0 saturated heterocycles. The molecule has 0 aliphatic carbocycles. The van der Waals surface area contributed by atoms with Crippen molar-refractivity contribution < 1.29 is 14.3 Å². The number of hydrogen-bond donors (Lipinski definition) is 2. The smallest absolute Gasteiger partial charge is 0.407 e. The second-order valence-corrected chi connectivity index (χ2v) is 11.1. The molecule has 1 atom stereocenters. The van der Waals surface area contributed by atoms with E-state index in [0.29, 0.717) is 19.4 Å². The molecule has 0 bridgehead atoms. The average Bonchev–Trinajstić information content (AvgIpc) is 3.02. The van der Waals surface area contributed by atoms with Gasteiger partial charge in [-0.05, 0) is 85.6 Å². The number of carbonyl (C=O) groups excluding carboxylic acids is 2. The monoisotopic (exact) mass is 575 g/mol. The molecule has 4 rings (SSSR count). The van der Waals surface area contributed by atoms with Crippen molar-refractivity contribution in [3.63, 3.8) is 0 Å². The first-order valence-electron chi connectivity index (χ1n) is 14.9. The topological polar surface area (TPSA) is 70.7 Å². The fourth-order valence-electron chi connectivity index (χ4n) is 4.85. The zero-order valence-corrected chi connectivity index (χ0v) is 25.4. The number of aryl methyl sites for hydroxylation is 1.